The van der Waals surface area contributed by atoms with E-state index in [4.69, 9.17) is 11.6 Å². The van der Waals surface area contributed by atoms with E-state index in [0.717, 1.165) is 34.6 Å². The van der Waals surface area contributed by atoms with E-state index in [2.05, 4.69) is 41.4 Å². The van der Waals surface area contributed by atoms with Crippen molar-refractivity contribution in [2.75, 3.05) is 17.2 Å². The van der Waals surface area contributed by atoms with Gasteiger partial charge in [-0.2, -0.15) is 0 Å². The number of rotatable bonds is 6. The largest absolute Gasteiger partial charge is 0.370 e. The molecule has 2 rings (SSSR count). The maximum absolute atomic E-state index is 5.95. The van der Waals surface area contributed by atoms with E-state index in [1.165, 1.54) is 4.88 Å². The zero-order valence-corrected chi connectivity index (χ0v) is 13.5. The lowest BCUT2D eigenvalue weighted by molar-refractivity contribution is 0.844. The number of nitrogens with one attached hydrogen (secondary N) is 2. The molecule has 2 heterocycles. The van der Waals surface area contributed by atoms with Gasteiger partial charge >= 0.3 is 0 Å². The number of hydrogen-bond acceptors (Lipinski definition) is 5. The van der Waals surface area contributed by atoms with Crippen molar-refractivity contribution in [3.05, 3.63) is 33.2 Å². The molecule has 0 bridgehead atoms. The second kappa shape index (κ2) is 6.90. The van der Waals surface area contributed by atoms with Gasteiger partial charge in [0.25, 0.3) is 0 Å². The first-order chi connectivity index (χ1) is 9.61. The van der Waals surface area contributed by atoms with Crippen molar-refractivity contribution in [3.63, 3.8) is 0 Å². The highest BCUT2D eigenvalue weighted by molar-refractivity contribution is 7.16. The quantitative estimate of drug-likeness (QED) is 0.832. The fourth-order valence-corrected chi connectivity index (χ4v) is 3.04. The molecular weight excluding hydrogens is 292 g/mol. The highest BCUT2D eigenvalue weighted by atomic mass is 35.5. The van der Waals surface area contributed by atoms with Crippen molar-refractivity contribution in [1.29, 1.82) is 0 Å². The third kappa shape index (κ3) is 3.61. The van der Waals surface area contributed by atoms with Crippen molar-refractivity contribution >= 4 is 34.6 Å². The van der Waals surface area contributed by atoms with Crippen LogP contribution < -0.4 is 10.6 Å². The van der Waals surface area contributed by atoms with E-state index in [1.54, 1.807) is 17.7 Å². The minimum Gasteiger partial charge on any atom is -0.370 e. The summed E-state index contributed by atoms with van der Waals surface area (Å²) < 4.78 is 0.807. The second-order valence-corrected chi connectivity index (χ2v) is 6.53. The Morgan fingerprint density at radius 3 is 2.45 bits per heavy atom. The topological polar surface area (TPSA) is 49.8 Å². The van der Waals surface area contributed by atoms with Crippen LogP contribution in [0.5, 0.6) is 0 Å². The maximum atomic E-state index is 5.95. The van der Waals surface area contributed by atoms with Crippen molar-refractivity contribution < 1.29 is 0 Å². The normalized spacial score (nSPS) is 10.8. The first-order valence-electron chi connectivity index (χ1n) is 6.68. The molecule has 0 fully saturated rings. The number of aromatic nitrogens is 2. The highest BCUT2D eigenvalue weighted by Gasteiger charge is 2.14. The number of nitrogens with zero attached hydrogens (tertiary/aromatic N) is 2. The number of thiophene rings is 1. The molecular formula is C14H19ClN4S. The first kappa shape index (κ1) is 15.1. The second-order valence-electron chi connectivity index (χ2n) is 4.73. The van der Waals surface area contributed by atoms with Crippen LogP contribution in [0.4, 0.5) is 11.6 Å². The Kier molecular flexibility index (Phi) is 5.20. The van der Waals surface area contributed by atoms with E-state index < -0.39 is 0 Å². The molecule has 4 nitrogen and oxygen atoms in total. The number of anilines is 2. The average Bonchev–Trinajstić information content (AvgIpc) is 2.82. The Balaban J connectivity index is 2.19. The number of hydrogen-bond donors (Lipinski definition) is 2. The van der Waals surface area contributed by atoms with Crippen LogP contribution in [-0.2, 0) is 6.54 Å². The summed E-state index contributed by atoms with van der Waals surface area (Å²) in [5, 5.41) is 6.67. The van der Waals surface area contributed by atoms with Gasteiger partial charge in [0, 0.05) is 17.0 Å². The SMILES string of the molecule is CCNc1ncnc(NCc2ccc(Cl)s2)c1C(C)C. The van der Waals surface area contributed by atoms with Gasteiger partial charge in [-0.1, -0.05) is 25.4 Å². The number of halogens is 1. The average molecular weight is 311 g/mol. The highest BCUT2D eigenvalue weighted by Crippen LogP contribution is 2.29. The minimum absolute atomic E-state index is 0.347. The van der Waals surface area contributed by atoms with Crippen molar-refractivity contribution in [1.82, 2.24) is 9.97 Å². The smallest absolute Gasteiger partial charge is 0.135 e. The van der Waals surface area contributed by atoms with E-state index >= 15 is 0 Å². The summed E-state index contributed by atoms with van der Waals surface area (Å²) >= 11 is 7.53. The fourth-order valence-electron chi connectivity index (χ4n) is 2.01. The summed E-state index contributed by atoms with van der Waals surface area (Å²) in [5.41, 5.74) is 1.12. The fraction of sp³-hybridized carbons (Fsp3) is 0.429. The molecule has 0 aliphatic heterocycles. The molecule has 0 aliphatic carbocycles. The third-order valence-electron chi connectivity index (χ3n) is 2.86. The van der Waals surface area contributed by atoms with Gasteiger partial charge in [-0.3, -0.25) is 0 Å². The molecule has 0 radical (unpaired) electrons. The van der Waals surface area contributed by atoms with Gasteiger partial charge in [0.2, 0.25) is 0 Å². The molecule has 0 saturated carbocycles. The Labute approximate surface area is 128 Å². The summed E-state index contributed by atoms with van der Waals surface area (Å²) in [7, 11) is 0. The van der Waals surface area contributed by atoms with Gasteiger partial charge in [0.1, 0.15) is 18.0 Å². The Hall–Kier alpha value is -1.33. The molecule has 20 heavy (non-hydrogen) atoms. The van der Waals surface area contributed by atoms with Crippen LogP contribution in [0.15, 0.2) is 18.5 Å². The van der Waals surface area contributed by atoms with E-state index in [9.17, 15) is 0 Å². The van der Waals surface area contributed by atoms with E-state index in [0.29, 0.717) is 5.92 Å². The predicted octanol–water partition coefficient (Wildman–Crippen LogP) is 4.36. The molecule has 6 heteroatoms. The molecule has 0 atom stereocenters. The van der Waals surface area contributed by atoms with Gasteiger partial charge < -0.3 is 10.6 Å². The molecule has 2 aromatic rings. The monoisotopic (exact) mass is 310 g/mol. The molecule has 108 valence electrons. The molecule has 0 aromatic carbocycles. The molecule has 0 aliphatic rings. The van der Waals surface area contributed by atoms with Crippen LogP contribution in [0.3, 0.4) is 0 Å². The Morgan fingerprint density at radius 2 is 1.90 bits per heavy atom. The van der Waals surface area contributed by atoms with Gasteiger partial charge in [-0.25, -0.2) is 9.97 Å². The third-order valence-corrected chi connectivity index (χ3v) is 4.10. The van der Waals surface area contributed by atoms with Crippen LogP contribution in [0.1, 0.15) is 37.1 Å². The van der Waals surface area contributed by atoms with Crippen LogP contribution >= 0.6 is 22.9 Å². The standard InChI is InChI=1S/C14H19ClN4S/c1-4-16-13-12(9(2)3)14(19-8-18-13)17-7-10-5-6-11(15)20-10/h5-6,8-9H,4,7H2,1-3H3,(H2,16,17,18,19). The van der Waals surface area contributed by atoms with Crippen LogP contribution in [-0.4, -0.2) is 16.5 Å². The van der Waals surface area contributed by atoms with Crippen LogP contribution in [0.2, 0.25) is 4.34 Å². The lowest BCUT2D eigenvalue weighted by Crippen LogP contribution is -2.10. The molecule has 0 unspecified atom stereocenters. The minimum atomic E-state index is 0.347. The summed E-state index contributed by atoms with van der Waals surface area (Å²) in [6, 6.07) is 3.94. The van der Waals surface area contributed by atoms with Gasteiger partial charge in [0.15, 0.2) is 0 Å². The zero-order valence-electron chi connectivity index (χ0n) is 11.9. The summed E-state index contributed by atoms with van der Waals surface area (Å²) in [6.45, 7) is 7.92. The molecule has 0 saturated heterocycles. The molecule has 0 amide bonds. The molecule has 2 aromatic heterocycles. The summed E-state index contributed by atoms with van der Waals surface area (Å²) in [5.74, 6) is 2.14. The molecule has 0 spiro atoms. The van der Waals surface area contributed by atoms with Crippen molar-refractivity contribution in [2.24, 2.45) is 0 Å². The van der Waals surface area contributed by atoms with E-state index in [1.807, 2.05) is 12.1 Å². The molecule has 2 N–H and O–H groups in total. The predicted molar refractivity (Wildman–Crippen MR) is 86.9 cm³/mol. The van der Waals surface area contributed by atoms with Gasteiger partial charge in [-0.05, 0) is 25.0 Å². The van der Waals surface area contributed by atoms with E-state index in [-0.39, 0.29) is 0 Å². The van der Waals surface area contributed by atoms with Crippen LogP contribution in [0, 0.1) is 0 Å². The van der Waals surface area contributed by atoms with Gasteiger partial charge in [-0.15, -0.1) is 11.3 Å². The van der Waals surface area contributed by atoms with Crippen LogP contribution in [0.25, 0.3) is 0 Å². The summed E-state index contributed by atoms with van der Waals surface area (Å²) in [4.78, 5) is 9.89. The zero-order chi connectivity index (χ0) is 14.5. The Morgan fingerprint density at radius 1 is 1.20 bits per heavy atom. The maximum Gasteiger partial charge on any atom is 0.135 e. The van der Waals surface area contributed by atoms with Crippen molar-refractivity contribution in [2.45, 2.75) is 33.2 Å². The lowest BCUT2D eigenvalue weighted by atomic mass is 10.0. The van der Waals surface area contributed by atoms with Crippen molar-refractivity contribution in [3.8, 4) is 0 Å². The lowest BCUT2D eigenvalue weighted by Gasteiger charge is -2.17. The summed E-state index contributed by atoms with van der Waals surface area (Å²) in [6.07, 6.45) is 1.59. The first-order valence-corrected chi connectivity index (χ1v) is 7.88. The van der Waals surface area contributed by atoms with Gasteiger partial charge in [0.05, 0.1) is 10.9 Å². The Bertz CT molecular complexity index is 568.